The monoisotopic (exact) mass is 663 g/mol. The average molecular weight is 664 g/mol. The highest BCUT2D eigenvalue weighted by atomic mass is 19.4. The van der Waals surface area contributed by atoms with E-state index in [1.165, 1.54) is 10.7 Å². The summed E-state index contributed by atoms with van der Waals surface area (Å²) in [5, 5.41) is 20.7. The molecule has 0 unspecified atom stereocenters. The molecular formula is C29H30F5N9O4. The zero-order valence-electron chi connectivity index (χ0n) is 25.1. The van der Waals surface area contributed by atoms with Crippen LogP contribution in [-0.2, 0) is 17.6 Å². The van der Waals surface area contributed by atoms with Gasteiger partial charge < -0.3 is 15.2 Å². The summed E-state index contributed by atoms with van der Waals surface area (Å²) in [6, 6.07) is -1.25. The second-order valence-electron chi connectivity index (χ2n) is 12.9. The van der Waals surface area contributed by atoms with Crippen molar-refractivity contribution in [1.82, 2.24) is 45.7 Å². The summed E-state index contributed by atoms with van der Waals surface area (Å²) < 4.78 is 80.7. The molecule has 2 amide bonds. The Bertz CT molecular complexity index is 1810. The highest BCUT2D eigenvalue weighted by molar-refractivity contribution is 5.93. The Kier molecular flexibility index (Phi) is 7.50. The van der Waals surface area contributed by atoms with Gasteiger partial charge in [-0.3, -0.25) is 9.59 Å². The number of amides is 2. The molecule has 13 nitrogen and oxygen atoms in total. The predicted octanol–water partition coefficient (Wildman–Crippen LogP) is 4.20. The van der Waals surface area contributed by atoms with E-state index in [0.717, 1.165) is 12.8 Å². The summed E-state index contributed by atoms with van der Waals surface area (Å²) >= 11 is 0. The number of rotatable bonds is 9. The molecule has 250 valence electrons. The first kappa shape index (κ1) is 31.1. The van der Waals surface area contributed by atoms with Crippen molar-refractivity contribution in [3.63, 3.8) is 0 Å². The van der Waals surface area contributed by atoms with Crippen molar-refractivity contribution in [1.29, 1.82) is 0 Å². The summed E-state index contributed by atoms with van der Waals surface area (Å²) in [4.78, 5) is 35.3. The molecule has 3 atom stereocenters. The lowest BCUT2D eigenvalue weighted by molar-refractivity contribution is -0.155. The summed E-state index contributed by atoms with van der Waals surface area (Å²) in [5.74, 6) is -4.16. The minimum absolute atomic E-state index is 0.0291. The van der Waals surface area contributed by atoms with E-state index >= 15 is 0 Å². The molecule has 0 radical (unpaired) electrons. The number of aryl methyl sites for hydroxylation is 1. The van der Waals surface area contributed by atoms with Gasteiger partial charge in [0.25, 0.3) is 5.91 Å². The number of aromatic nitrogens is 7. The van der Waals surface area contributed by atoms with Gasteiger partial charge in [-0.1, -0.05) is 10.3 Å². The van der Waals surface area contributed by atoms with Crippen molar-refractivity contribution >= 4 is 17.5 Å². The van der Waals surface area contributed by atoms with Crippen LogP contribution in [0.3, 0.4) is 0 Å². The van der Waals surface area contributed by atoms with Crippen molar-refractivity contribution in [2.24, 2.45) is 11.3 Å². The number of carbonyl (C=O) groups is 2. The molecule has 4 aromatic rings. The van der Waals surface area contributed by atoms with E-state index in [4.69, 9.17) is 9.15 Å². The van der Waals surface area contributed by atoms with Crippen LogP contribution in [0.15, 0.2) is 27.6 Å². The van der Waals surface area contributed by atoms with Crippen LogP contribution < -0.4 is 10.6 Å². The highest BCUT2D eigenvalue weighted by Crippen LogP contribution is 2.44. The second kappa shape index (κ2) is 11.3. The molecule has 2 N–H and O–H groups in total. The fourth-order valence-electron chi connectivity index (χ4n) is 6.70. The molecule has 0 aromatic carbocycles. The van der Waals surface area contributed by atoms with E-state index in [1.54, 1.807) is 19.2 Å². The quantitative estimate of drug-likeness (QED) is 0.248. The molecule has 0 bridgehead atoms. The molecule has 47 heavy (non-hydrogen) atoms. The molecule has 18 heteroatoms. The van der Waals surface area contributed by atoms with Crippen LogP contribution in [0, 0.1) is 18.3 Å². The summed E-state index contributed by atoms with van der Waals surface area (Å²) in [5.41, 5.74) is -0.0145. The van der Waals surface area contributed by atoms with Gasteiger partial charge in [0.1, 0.15) is 11.7 Å². The van der Waals surface area contributed by atoms with Crippen molar-refractivity contribution in [2.75, 3.05) is 0 Å². The van der Waals surface area contributed by atoms with Gasteiger partial charge in [-0.2, -0.15) is 23.3 Å². The Morgan fingerprint density at radius 1 is 1.13 bits per heavy atom. The van der Waals surface area contributed by atoms with Crippen LogP contribution in [0.5, 0.6) is 0 Å². The van der Waals surface area contributed by atoms with Crippen LogP contribution in [-0.4, -0.2) is 65.0 Å². The van der Waals surface area contributed by atoms with E-state index in [-0.39, 0.29) is 73.4 Å². The minimum atomic E-state index is -4.66. The van der Waals surface area contributed by atoms with Crippen molar-refractivity contribution in [3.8, 4) is 0 Å². The number of imidazole rings is 1. The van der Waals surface area contributed by atoms with E-state index in [2.05, 4.69) is 41.2 Å². The molecule has 0 spiro atoms. The number of hydrogen-bond acceptors (Lipinski definition) is 10. The molecular weight excluding hydrogens is 633 g/mol. The third-order valence-corrected chi connectivity index (χ3v) is 9.31. The minimum Gasteiger partial charge on any atom is -0.344 e. The lowest BCUT2D eigenvalue weighted by Crippen LogP contribution is -2.39. The van der Waals surface area contributed by atoms with Gasteiger partial charge in [0.2, 0.25) is 17.7 Å². The zero-order valence-corrected chi connectivity index (χ0v) is 25.1. The van der Waals surface area contributed by atoms with Crippen LogP contribution >= 0.6 is 0 Å². The maximum Gasteiger partial charge on any atom is 0.408 e. The Balaban J connectivity index is 1.18. The molecule has 4 aromatic heterocycles. The van der Waals surface area contributed by atoms with E-state index in [9.17, 15) is 31.5 Å². The maximum atomic E-state index is 14.1. The van der Waals surface area contributed by atoms with Crippen LogP contribution in [0.25, 0.3) is 5.65 Å². The SMILES string of the molecule is Cc1noc(C[C@]2(Cc3cnn4cc([C@@H](NC(=O)c5nonc5C5CC5)C5CCC(F)(F)CC5)nc4c3)C[C@@H](C(F)(F)F)NC2=O)n1. The Morgan fingerprint density at radius 2 is 1.89 bits per heavy atom. The number of fused-ring (bicyclic) bond motifs is 1. The van der Waals surface area contributed by atoms with E-state index < -0.39 is 47.8 Å². The molecule has 7 rings (SSSR count). The lowest BCUT2D eigenvalue weighted by Gasteiger charge is -2.33. The summed E-state index contributed by atoms with van der Waals surface area (Å²) in [6.07, 6.45) is -1.32. The van der Waals surface area contributed by atoms with Gasteiger partial charge in [-0.15, -0.1) is 0 Å². The average Bonchev–Trinajstić information content (AvgIpc) is 3.31. The number of carbonyl (C=O) groups excluding carboxylic acids is 2. The molecule has 1 aliphatic heterocycles. The summed E-state index contributed by atoms with van der Waals surface area (Å²) in [7, 11) is 0. The molecule has 2 aliphatic carbocycles. The van der Waals surface area contributed by atoms with Crippen molar-refractivity contribution in [2.45, 2.75) is 94.8 Å². The summed E-state index contributed by atoms with van der Waals surface area (Å²) in [6.45, 7) is 1.56. The molecule has 1 saturated heterocycles. The van der Waals surface area contributed by atoms with Gasteiger partial charge in [0.15, 0.2) is 17.2 Å². The predicted molar refractivity (Wildman–Crippen MR) is 148 cm³/mol. The van der Waals surface area contributed by atoms with Gasteiger partial charge in [-0.05, 0) is 68.2 Å². The fourth-order valence-corrected chi connectivity index (χ4v) is 6.70. The van der Waals surface area contributed by atoms with Gasteiger partial charge >= 0.3 is 6.18 Å². The topological polar surface area (TPSA) is 166 Å². The van der Waals surface area contributed by atoms with Crippen LogP contribution in [0.1, 0.15) is 96.1 Å². The standard InChI is InChI=1S/C29H30F5N9O4/c1-14-36-21(46-40-14)11-27(10-19(29(32,33)34)38-26(27)45)9-15-8-20-37-18(13-43(20)35-12-15)22(17-4-6-28(30,31)7-5-17)39-25(44)24-23(16-2-3-16)41-47-42-24/h8,12-13,16-17,19,22H,2-7,9-11H2,1H3,(H,38,45)(H,39,44)/t19-,22-,27-/m0/s1. The molecule has 2 saturated carbocycles. The number of halogens is 5. The first-order chi connectivity index (χ1) is 22.3. The smallest absolute Gasteiger partial charge is 0.344 e. The number of nitrogens with zero attached hydrogens (tertiary/aromatic N) is 7. The van der Waals surface area contributed by atoms with Gasteiger partial charge in [-0.25, -0.2) is 22.9 Å². The third-order valence-electron chi connectivity index (χ3n) is 9.31. The van der Waals surface area contributed by atoms with Crippen molar-refractivity contribution < 1.29 is 40.7 Å². The van der Waals surface area contributed by atoms with Gasteiger partial charge in [0.05, 0.1) is 29.5 Å². The Labute approximate surface area is 263 Å². The largest absolute Gasteiger partial charge is 0.408 e. The first-order valence-corrected chi connectivity index (χ1v) is 15.3. The van der Waals surface area contributed by atoms with Crippen LogP contribution in [0.4, 0.5) is 22.0 Å². The number of hydrogen-bond donors (Lipinski definition) is 2. The highest BCUT2D eigenvalue weighted by Gasteiger charge is 2.56. The second-order valence-corrected chi connectivity index (χ2v) is 12.9. The van der Waals surface area contributed by atoms with Gasteiger partial charge in [0, 0.05) is 25.2 Å². The molecule has 3 fully saturated rings. The zero-order chi connectivity index (χ0) is 33.1. The van der Waals surface area contributed by atoms with E-state index in [1.807, 2.05) is 0 Å². The molecule has 5 heterocycles. The number of alkyl halides is 5. The Hall–Kier alpha value is -4.51. The van der Waals surface area contributed by atoms with Crippen LogP contribution in [0.2, 0.25) is 0 Å². The van der Waals surface area contributed by atoms with Crippen molar-refractivity contribution in [3.05, 3.63) is 52.8 Å². The molecule has 3 aliphatic rings. The lowest BCUT2D eigenvalue weighted by atomic mass is 9.76. The first-order valence-electron chi connectivity index (χ1n) is 15.3. The normalized spacial score (nSPS) is 24.0. The fraction of sp³-hybridized carbons (Fsp3) is 0.586. The number of nitrogens with one attached hydrogen (secondary N) is 2. The van der Waals surface area contributed by atoms with E-state index in [0.29, 0.717) is 17.0 Å². The third kappa shape index (κ3) is 6.28. The maximum absolute atomic E-state index is 14.1. The Morgan fingerprint density at radius 3 is 2.55 bits per heavy atom.